The van der Waals surface area contributed by atoms with E-state index in [1.165, 1.54) is 0 Å². The Morgan fingerprint density at radius 2 is 1.54 bits per heavy atom. The lowest BCUT2D eigenvalue weighted by atomic mass is 10.1. The minimum absolute atomic E-state index is 0.486. The third kappa shape index (κ3) is 7.75. The maximum absolute atomic E-state index is 5.34. The maximum atomic E-state index is 5.34. The van der Waals surface area contributed by atoms with Crippen molar-refractivity contribution in [1.29, 1.82) is 0 Å². The molecule has 0 aliphatic carbocycles. The Kier molecular flexibility index (Phi) is 9.05. The SMILES string of the molecule is C=CCOCC(CC)COCC=C. The molecule has 76 valence electrons. The molecule has 2 nitrogen and oxygen atoms in total. The van der Waals surface area contributed by atoms with Crippen molar-refractivity contribution in [3.8, 4) is 0 Å². The molecule has 0 unspecified atom stereocenters. The lowest BCUT2D eigenvalue weighted by Gasteiger charge is -2.13. The third-order valence-corrected chi connectivity index (χ3v) is 1.76. The van der Waals surface area contributed by atoms with Crippen molar-refractivity contribution in [3.63, 3.8) is 0 Å². The van der Waals surface area contributed by atoms with E-state index >= 15 is 0 Å². The van der Waals surface area contributed by atoms with Crippen molar-refractivity contribution < 1.29 is 9.47 Å². The predicted molar refractivity (Wildman–Crippen MR) is 55.8 cm³/mol. The summed E-state index contributed by atoms with van der Waals surface area (Å²) in [4.78, 5) is 0. The number of hydrogen-bond donors (Lipinski definition) is 0. The summed E-state index contributed by atoms with van der Waals surface area (Å²) in [5.74, 6) is 0.486. The first-order valence-corrected chi connectivity index (χ1v) is 4.72. The van der Waals surface area contributed by atoms with Crippen LogP contribution in [0.5, 0.6) is 0 Å². The average molecular weight is 184 g/mol. The largest absolute Gasteiger partial charge is 0.377 e. The minimum Gasteiger partial charge on any atom is -0.377 e. The van der Waals surface area contributed by atoms with Crippen molar-refractivity contribution in [2.45, 2.75) is 13.3 Å². The van der Waals surface area contributed by atoms with Crippen LogP contribution in [0.3, 0.4) is 0 Å². The van der Waals surface area contributed by atoms with Gasteiger partial charge in [0.25, 0.3) is 0 Å². The highest BCUT2D eigenvalue weighted by molar-refractivity contribution is 4.66. The van der Waals surface area contributed by atoms with Crippen LogP contribution in [-0.2, 0) is 9.47 Å². The van der Waals surface area contributed by atoms with Crippen molar-refractivity contribution in [2.75, 3.05) is 26.4 Å². The van der Waals surface area contributed by atoms with E-state index in [0.717, 1.165) is 19.6 Å². The molecule has 0 bridgehead atoms. The van der Waals surface area contributed by atoms with Crippen LogP contribution in [0.2, 0.25) is 0 Å². The molecule has 0 aromatic carbocycles. The number of rotatable bonds is 9. The molecule has 0 atom stereocenters. The zero-order valence-electron chi connectivity index (χ0n) is 8.50. The van der Waals surface area contributed by atoms with Crippen LogP contribution in [0.15, 0.2) is 25.3 Å². The van der Waals surface area contributed by atoms with Crippen LogP contribution in [0, 0.1) is 5.92 Å². The summed E-state index contributed by atoms with van der Waals surface area (Å²) in [5.41, 5.74) is 0. The second-order valence-electron chi connectivity index (χ2n) is 2.93. The summed E-state index contributed by atoms with van der Waals surface area (Å²) in [6.07, 6.45) is 4.60. The van der Waals surface area contributed by atoms with Gasteiger partial charge in [0.1, 0.15) is 0 Å². The summed E-state index contributed by atoms with van der Waals surface area (Å²) < 4.78 is 10.7. The topological polar surface area (TPSA) is 18.5 Å². The Hall–Kier alpha value is -0.600. The van der Waals surface area contributed by atoms with Gasteiger partial charge in [-0.05, 0) is 6.42 Å². The standard InChI is InChI=1S/C11H20O2/c1-4-7-12-9-11(6-3)10-13-8-5-2/h4-5,11H,1-2,6-10H2,3H3. The zero-order chi connectivity index (χ0) is 9.94. The molecule has 0 spiro atoms. The van der Waals surface area contributed by atoms with E-state index in [0.29, 0.717) is 19.1 Å². The van der Waals surface area contributed by atoms with Crippen molar-refractivity contribution in [1.82, 2.24) is 0 Å². The van der Waals surface area contributed by atoms with Gasteiger partial charge in [0, 0.05) is 5.92 Å². The number of hydrogen-bond acceptors (Lipinski definition) is 2. The van der Waals surface area contributed by atoms with Crippen LogP contribution in [0.1, 0.15) is 13.3 Å². The highest BCUT2D eigenvalue weighted by Crippen LogP contribution is 2.03. The molecule has 0 aromatic rings. The van der Waals surface area contributed by atoms with E-state index < -0.39 is 0 Å². The monoisotopic (exact) mass is 184 g/mol. The van der Waals surface area contributed by atoms with Crippen molar-refractivity contribution in [3.05, 3.63) is 25.3 Å². The van der Waals surface area contributed by atoms with Gasteiger partial charge >= 0.3 is 0 Å². The Morgan fingerprint density at radius 1 is 1.08 bits per heavy atom. The van der Waals surface area contributed by atoms with Gasteiger partial charge in [0.05, 0.1) is 26.4 Å². The molecule has 0 radical (unpaired) electrons. The van der Waals surface area contributed by atoms with E-state index in [1.54, 1.807) is 12.2 Å². The van der Waals surface area contributed by atoms with Gasteiger partial charge in [-0.2, -0.15) is 0 Å². The number of ether oxygens (including phenoxy) is 2. The van der Waals surface area contributed by atoms with Crippen LogP contribution in [-0.4, -0.2) is 26.4 Å². The first-order chi connectivity index (χ1) is 6.35. The summed E-state index contributed by atoms with van der Waals surface area (Å²) in [6, 6.07) is 0. The second-order valence-corrected chi connectivity index (χ2v) is 2.93. The molecule has 0 rings (SSSR count). The summed E-state index contributed by atoms with van der Waals surface area (Å²) in [5, 5.41) is 0. The third-order valence-electron chi connectivity index (χ3n) is 1.76. The first-order valence-electron chi connectivity index (χ1n) is 4.72. The Bertz CT molecular complexity index is 118. The van der Waals surface area contributed by atoms with Crippen LogP contribution >= 0.6 is 0 Å². The van der Waals surface area contributed by atoms with Crippen molar-refractivity contribution >= 4 is 0 Å². The molecule has 0 amide bonds. The molecule has 0 aliphatic rings. The van der Waals surface area contributed by atoms with E-state index in [-0.39, 0.29) is 0 Å². The second kappa shape index (κ2) is 9.49. The first kappa shape index (κ1) is 12.4. The van der Waals surface area contributed by atoms with E-state index in [9.17, 15) is 0 Å². The van der Waals surface area contributed by atoms with E-state index in [2.05, 4.69) is 20.1 Å². The molecule has 2 heteroatoms. The lowest BCUT2D eigenvalue weighted by molar-refractivity contribution is 0.0571. The molecular weight excluding hydrogens is 164 g/mol. The fourth-order valence-corrected chi connectivity index (χ4v) is 0.920. The van der Waals surface area contributed by atoms with Gasteiger partial charge in [0.2, 0.25) is 0 Å². The van der Waals surface area contributed by atoms with E-state index in [4.69, 9.17) is 9.47 Å². The van der Waals surface area contributed by atoms with Gasteiger partial charge in [-0.3, -0.25) is 0 Å². The van der Waals surface area contributed by atoms with E-state index in [1.807, 2.05) is 0 Å². The van der Waals surface area contributed by atoms with Gasteiger partial charge in [0.15, 0.2) is 0 Å². The fourth-order valence-electron chi connectivity index (χ4n) is 0.920. The Balaban J connectivity index is 3.38. The molecule has 0 fully saturated rings. The quantitative estimate of drug-likeness (QED) is 0.405. The van der Waals surface area contributed by atoms with Crippen LogP contribution < -0.4 is 0 Å². The molecule has 13 heavy (non-hydrogen) atoms. The molecule has 0 N–H and O–H groups in total. The molecule has 0 saturated carbocycles. The smallest absolute Gasteiger partial charge is 0.0644 e. The molecular formula is C11H20O2. The van der Waals surface area contributed by atoms with Gasteiger partial charge in [-0.1, -0.05) is 19.1 Å². The highest BCUT2D eigenvalue weighted by atomic mass is 16.5. The molecule has 0 saturated heterocycles. The highest BCUT2D eigenvalue weighted by Gasteiger charge is 2.05. The summed E-state index contributed by atoms with van der Waals surface area (Å²) in [6.45, 7) is 12.1. The van der Waals surface area contributed by atoms with Gasteiger partial charge < -0.3 is 9.47 Å². The lowest BCUT2D eigenvalue weighted by Crippen LogP contribution is -2.15. The maximum Gasteiger partial charge on any atom is 0.0644 e. The fraction of sp³-hybridized carbons (Fsp3) is 0.636. The minimum atomic E-state index is 0.486. The zero-order valence-corrected chi connectivity index (χ0v) is 8.50. The van der Waals surface area contributed by atoms with Crippen LogP contribution in [0.25, 0.3) is 0 Å². The molecule has 0 aromatic heterocycles. The van der Waals surface area contributed by atoms with Gasteiger partial charge in [-0.15, -0.1) is 13.2 Å². The van der Waals surface area contributed by atoms with Gasteiger partial charge in [-0.25, -0.2) is 0 Å². The summed E-state index contributed by atoms with van der Waals surface area (Å²) >= 11 is 0. The molecule has 0 aliphatic heterocycles. The van der Waals surface area contributed by atoms with Crippen molar-refractivity contribution in [2.24, 2.45) is 5.92 Å². The summed E-state index contributed by atoms with van der Waals surface area (Å²) in [7, 11) is 0. The average Bonchev–Trinajstić information content (AvgIpc) is 2.16. The Labute approximate surface area is 81.2 Å². The normalized spacial score (nSPS) is 10.3. The predicted octanol–water partition coefficient (Wildman–Crippen LogP) is 2.42. The Morgan fingerprint density at radius 3 is 1.85 bits per heavy atom. The van der Waals surface area contributed by atoms with Crippen LogP contribution in [0.4, 0.5) is 0 Å². The molecule has 0 heterocycles.